The van der Waals surface area contributed by atoms with Gasteiger partial charge in [-0.3, -0.25) is 9.59 Å². The van der Waals surface area contributed by atoms with E-state index in [2.05, 4.69) is 5.32 Å². The number of hydrogen-bond acceptors (Lipinski definition) is 2. The molecule has 4 heteroatoms. The van der Waals surface area contributed by atoms with Gasteiger partial charge in [0.25, 0.3) is 0 Å². The molecular weight excluding hydrogens is 218 g/mol. The fourth-order valence-electron chi connectivity index (χ4n) is 1.98. The van der Waals surface area contributed by atoms with Crippen LogP contribution in [0, 0.1) is 5.41 Å². The maximum Gasteiger partial charge on any atom is 0.303 e. The molecule has 0 heterocycles. The van der Waals surface area contributed by atoms with Gasteiger partial charge in [0.1, 0.15) is 0 Å². The molecular formula is C13H15NO3. The van der Waals surface area contributed by atoms with E-state index in [0.29, 0.717) is 6.42 Å². The Kier molecular flexibility index (Phi) is 3.13. The molecule has 0 unspecified atom stereocenters. The minimum Gasteiger partial charge on any atom is -0.481 e. The largest absolute Gasteiger partial charge is 0.481 e. The molecule has 1 aliphatic rings. The van der Waals surface area contributed by atoms with Crippen molar-refractivity contribution in [1.82, 2.24) is 0 Å². The highest BCUT2D eigenvalue weighted by Gasteiger charge is 2.45. The van der Waals surface area contributed by atoms with Crippen molar-refractivity contribution in [2.75, 3.05) is 5.32 Å². The summed E-state index contributed by atoms with van der Waals surface area (Å²) in [5, 5.41) is 11.5. The average molecular weight is 233 g/mol. The van der Waals surface area contributed by atoms with Gasteiger partial charge in [-0.05, 0) is 30.4 Å². The van der Waals surface area contributed by atoms with Crippen LogP contribution in [-0.4, -0.2) is 17.0 Å². The highest BCUT2D eigenvalue weighted by Crippen LogP contribution is 2.51. The summed E-state index contributed by atoms with van der Waals surface area (Å²) in [7, 11) is 0. The van der Waals surface area contributed by atoms with E-state index in [1.807, 2.05) is 30.3 Å². The van der Waals surface area contributed by atoms with Gasteiger partial charge in [0.15, 0.2) is 0 Å². The van der Waals surface area contributed by atoms with Crippen LogP contribution in [0.2, 0.25) is 0 Å². The molecule has 1 fully saturated rings. The predicted molar refractivity (Wildman–Crippen MR) is 63.6 cm³/mol. The van der Waals surface area contributed by atoms with E-state index in [0.717, 1.165) is 18.5 Å². The van der Waals surface area contributed by atoms with Gasteiger partial charge >= 0.3 is 5.97 Å². The summed E-state index contributed by atoms with van der Waals surface area (Å²) < 4.78 is 0. The van der Waals surface area contributed by atoms with Crippen LogP contribution in [0.1, 0.15) is 25.7 Å². The number of hydrogen-bond donors (Lipinski definition) is 2. The van der Waals surface area contributed by atoms with Crippen LogP contribution in [0.15, 0.2) is 30.3 Å². The molecule has 2 rings (SSSR count). The number of carbonyl (C=O) groups excluding carboxylic acids is 1. The third kappa shape index (κ3) is 3.31. The van der Waals surface area contributed by atoms with E-state index in [-0.39, 0.29) is 17.7 Å². The summed E-state index contributed by atoms with van der Waals surface area (Å²) in [5.74, 6) is -0.926. The molecule has 0 spiro atoms. The Morgan fingerprint density at radius 2 is 1.82 bits per heavy atom. The first-order valence-corrected chi connectivity index (χ1v) is 5.66. The molecule has 0 aliphatic heterocycles. The van der Waals surface area contributed by atoms with Crippen LogP contribution in [0.25, 0.3) is 0 Å². The second-order valence-electron chi connectivity index (χ2n) is 4.66. The molecule has 17 heavy (non-hydrogen) atoms. The Morgan fingerprint density at radius 3 is 2.35 bits per heavy atom. The van der Waals surface area contributed by atoms with Gasteiger partial charge in [0.05, 0.1) is 6.42 Å². The van der Waals surface area contributed by atoms with Crippen molar-refractivity contribution < 1.29 is 14.7 Å². The predicted octanol–water partition coefficient (Wildman–Crippen LogP) is 2.27. The van der Waals surface area contributed by atoms with Crippen molar-refractivity contribution in [3.8, 4) is 0 Å². The average Bonchev–Trinajstić information content (AvgIpc) is 2.97. The van der Waals surface area contributed by atoms with E-state index in [1.165, 1.54) is 0 Å². The Balaban J connectivity index is 1.88. The number of benzene rings is 1. The Labute approximate surface area is 99.6 Å². The lowest BCUT2D eigenvalue weighted by molar-refractivity contribution is -0.138. The highest BCUT2D eigenvalue weighted by atomic mass is 16.4. The summed E-state index contributed by atoms with van der Waals surface area (Å²) >= 11 is 0. The molecule has 0 atom stereocenters. The SMILES string of the molecule is O=C(O)CC1(CC(=O)Nc2ccccc2)CC1. The molecule has 1 saturated carbocycles. The lowest BCUT2D eigenvalue weighted by Crippen LogP contribution is -2.19. The number of nitrogens with one attached hydrogen (secondary N) is 1. The van der Waals surface area contributed by atoms with Gasteiger partial charge in [-0.1, -0.05) is 18.2 Å². The van der Waals surface area contributed by atoms with Crippen LogP contribution < -0.4 is 5.32 Å². The first-order chi connectivity index (χ1) is 8.10. The molecule has 1 aliphatic carbocycles. The molecule has 0 saturated heterocycles. The van der Waals surface area contributed by atoms with Crippen LogP contribution in [-0.2, 0) is 9.59 Å². The number of aliphatic carboxylic acids is 1. The van der Waals surface area contributed by atoms with Crippen LogP contribution >= 0.6 is 0 Å². The fourth-order valence-corrected chi connectivity index (χ4v) is 1.98. The van der Waals surface area contributed by atoms with E-state index < -0.39 is 5.97 Å². The van der Waals surface area contributed by atoms with Crippen LogP contribution in [0.5, 0.6) is 0 Å². The number of rotatable bonds is 5. The molecule has 0 radical (unpaired) electrons. The van der Waals surface area contributed by atoms with E-state index in [1.54, 1.807) is 0 Å². The van der Waals surface area contributed by atoms with E-state index in [4.69, 9.17) is 5.11 Å². The number of carboxylic acids is 1. The molecule has 1 aromatic rings. The van der Waals surface area contributed by atoms with E-state index >= 15 is 0 Å². The van der Waals surface area contributed by atoms with E-state index in [9.17, 15) is 9.59 Å². The van der Waals surface area contributed by atoms with Crippen molar-refractivity contribution in [3.05, 3.63) is 30.3 Å². The first kappa shape index (κ1) is 11.6. The van der Waals surface area contributed by atoms with Crippen LogP contribution in [0.3, 0.4) is 0 Å². The Morgan fingerprint density at radius 1 is 1.18 bits per heavy atom. The van der Waals surface area contributed by atoms with Gasteiger partial charge in [-0.15, -0.1) is 0 Å². The zero-order chi connectivity index (χ0) is 12.3. The van der Waals surface area contributed by atoms with Gasteiger partial charge in [0.2, 0.25) is 5.91 Å². The van der Waals surface area contributed by atoms with Gasteiger partial charge in [0, 0.05) is 12.1 Å². The number of carbonyl (C=O) groups is 2. The first-order valence-electron chi connectivity index (χ1n) is 5.66. The Bertz CT molecular complexity index is 424. The summed E-state index contributed by atoms with van der Waals surface area (Å²) in [6.07, 6.45) is 2.06. The zero-order valence-electron chi connectivity index (χ0n) is 9.48. The molecule has 0 aromatic heterocycles. The fraction of sp³-hybridized carbons (Fsp3) is 0.385. The minimum atomic E-state index is -0.824. The third-order valence-corrected chi connectivity index (χ3v) is 3.08. The lowest BCUT2D eigenvalue weighted by atomic mass is 9.98. The quantitative estimate of drug-likeness (QED) is 0.819. The van der Waals surface area contributed by atoms with Gasteiger partial charge in [-0.25, -0.2) is 0 Å². The second kappa shape index (κ2) is 4.57. The lowest BCUT2D eigenvalue weighted by Gasteiger charge is -2.12. The molecule has 1 aromatic carbocycles. The normalized spacial score (nSPS) is 16.2. The third-order valence-electron chi connectivity index (χ3n) is 3.08. The topological polar surface area (TPSA) is 66.4 Å². The van der Waals surface area contributed by atoms with Gasteiger partial charge < -0.3 is 10.4 Å². The molecule has 4 nitrogen and oxygen atoms in total. The molecule has 0 bridgehead atoms. The molecule has 90 valence electrons. The van der Waals surface area contributed by atoms with Gasteiger partial charge in [-0.2, -0.15) is 0 Å². The standard InChI is InChI=1S/C13H15NO3/c15-11(14-10-4-2-1-3-5-10)8-13(6-7-13)9-12(16)17/h1-5H,6-9H2,(H,14,15)(H,16,17). The van der Waals surface area contributed by atoms with Crippen molar-refractivity contribution in [2.45, 2.75) is 25.7 Å². The smallest absolute Gasteiger partial charge is 0.303 e. The number of para-hydroxylation sites is 1. The maximum absolute atomic E-state index is 11.7. The summed E-state index contributed by atoms with van der Waals surface area (Å²) in [5.41, 5.74) is 0.466. The molecule has 2 N–H and O–H groups in total. The monoisotopic (exact) mass is 233 g/mol. The number of carboxylic acid groups (broad SMARTS) is 1. The summed E-state index contributed by atoms with van der Waals surface area (Å²) in [6.45, 7) is 0. The zero-order valence-corrected chi connectivity index (χ0v) is 9.48. The summed E-state index contributed by atoms with van der Waals surface area (Å²) in [6, 6.07) is 9.20. The highest BCUT2D eigenvalue weighted by molar-refractivity contribution is 5.91. The maximum atomic E-state index is 11.7. The number of anilines is 1. The van der Waals surface area contributed by atoms with Crippen molar-refractivity contribution >= 4 is 17.6 Å². The Hall–Kier alpha value is -1.84. The number of amides is 1. The summed E-state index contributed by atoms with van der Waals surface area (Å²) in [4.78, 5) is 22.4. The van der Waals surface area contributed by atoms with Crippen molar-refractivity contribution in [1.29, 1.82) is 0 Å². The molecule has 1 amide bonds. The van der Waals surface area contributed by atoms with Crippen LogP contribution in [0.4, 0.5) is 5.69 Å². The van der Waals surface area contributed by atoms with Crippen molar-refractivity contribution in [3.63, 3.8) is 0 Å². The second-order valence-corrected chi connectivity index (χ2v) is 4.66. The minimum absolute atomic E-state index is 0.0925. The van der Waals surface area contributed by atoms with Crippen molar-refractivity contribution in [2.24, 2.45) is 5.41 Å².